The van der Waals surface area contributed by atoms with Crippen molar-refractivity contribution in [3.63, 3.8) is 0 Å². The highest BCUT2D eigenvalue weighted by molar-refractivity contribution is 6.37. The highest BCUT2D eigenvalue weighted by Gasteiger charge is 2.09. The average Bonchev–Trinajstić information content (AvgIpc) is 2.57. The van der Waals surface area contributed by atoms with Crippen LogP contribution in [0.5, 0.6) is 0 Å². The molecule has 0 aliphatic heterocycles. The molecule has 0 aliphatic carbocycles. The maximum absolute atomic E-state index is 11.3. The van der Waals surface area contributed by atoms with Crippen LogP contribution in [-0.4, -0.2) is 11.6 Å². The van der Waals surface area contributed by atoms with Gasteiger partial charge in [-0.15, -0.1) is 0 Å². The molecule has 135 valence electrons. The van der Waals surface area contributed by atoms with Crippen LogP contribution in [0.4, 0.5) is 0 Å². The van der Waals surface area contributed by atoms with Gasteiger partial charge in [-0.2, -0.15) is 0 Å². The van der Waals surface area contributed by atoms with E-state index in [2.05, 4.69) is 13.8 Å². The van der Waals surface area contributed by atoms with Crippen molar-refractivity contribution in [1.82, 2.24) is 0 Å². The Morgan fingerprint density at radius 1 is 0.565 bits per heavy atom. The highest BCUT2D eigenvalue weighted by atomic mass is 16.2. The van der Waals surface area contributed by atoms with Crippen LogP contribution in [0.3, 0.4) is 0 Å². The van der Waals surface area contributed by atoms with E-state index in [4.69, 9.17) is 0 Å². The van der Waals surface area contributed by atoms with Crippen LogP contribution in [0.15, 0.2) is 0 Å². The number of carbonyl (C=O) groups is 2. The molecule has 0 saturated carbocycles. The quantitative estimate of drug-likeness (QED) is 0.210. The molecule has 0 saturated heterocycles. The van der Waals surface area contributed by atoms with Crippen molar-refractivity contribution < 1.29 is 9.59 Å². The van der Waals surface area contributed by atoms with Crippen molar-refractivity contribution in [3.05, 3.63) is 6.92 Å². The minimum absolute atomic E-state index is 0.109. The zero-order chi connectivity index (χ0) is 17.2. The van der Waals surface area contributed by atoms with Gasteiger partial charge in [-0.05, 0) is 13.3 Å². The summed E-state index contributed by atoms with van der Waals surface area (Å²) in [5.41, 5.74) is 0. The molecule has 0 amide bonds. The van der Waals surface area contributed by atoms with Gasteiger partial charge in [0.25, 0.3) is 0 Å². The van der Waals surface area contributed by atoms with Crippen molar-refractivity contribution in [2.45, 2.75) is 116 Å². The molecule has 23 heavy (non-hydrogen) atoms. The number of unbranched alkanes of at least 4 members (excludes halogenated alkanes) is 14. The molecule has 0 heterocycles. The van der Waals surface area contributed by atoms with Crippen molar-refractivity contribution in [2.75, 3.05) is 0 Å². The predicted molar refractivity (Wildman–Crippen MR) is 99.5 cm³/mol. The second-order valence-corrected chi connectivity index (χ2v) is 6.80. The number of hydrogen-bond acceptors (Lipinski definition) is 2. The van der Waals surface area contributed by atoms with Crippen molar-refractivity contribution in [1.29, 1.82) is 0 Å². The minimum atomic E-state index is -0.310. The summed E-state index contributed by atoms with van der Waals surface area (Å²) in [5, 5.41) is 0. The molecule has 0 aromatic heterocycles. The van der Waals surface area contributed by atoms with Crippen LogP contribution in [0, 0.1) is 6.92 Å². The molecule has 0 N–H and O–H groups in total. The first-order chi connectivity index (χ1) is 11.2. The summed E-state index contributed by atoms with van der Waals surface area (Å²) in [6.45, 7) is 5.73. The van der Waals surface area contributed by atoms with E-state index in [9.17, 15) is 9.59 Å². The summed E-state index contributed by atoms with van der Waals surface area (Å²) >= 11 is 0. The van der Waals surface area contributed by atoms with Crippen LogP contribution in [-0.2, 0) is 9.59 Å². The molecule has 0 aromatic carbocycles. The number of ketones is 2. The zero-order valence-corrected chi connectivity index (χ0v) is 15.5. The lowest BCUT2D eigenvalue weighted by atomic mass is 10.0. The summed E-state index contributed by atoms with van der Waals surface area (Å²) in [4.78, 5) is 22.4. The molecule has 0 spiro atoms. The van der Waals surface area contributed by atoms with Crippen molar-refractivity contribution >= 4 is 11.6 Å². The topological polar surface area (TPSA) is 34.1 Å². The van der Waals surface area contributed by atoms with Gasteiger partial charge in [-0.3, -0.25) is 9.59 Å². The second-order valence-electron chi connectivity index (χ2n) is 6.80. The molecule has 0 aliphatic rings. The van der Waals surface area contributed by atoms with Gasteiger partial charge in [-0.25, -0.2) is 0 Å². The molecule has 0 unspecified atom stereocenters. The number of carbonyl (C=O) groups excluding carboxylic acids is 2. The van der Waals surface area contributed by atoms with Crippen LogP contribution in [0.25, 0.3) is 0 Å². The van der Waals surface area contributed by atoms with E-state index < -0.39 is 0 Å². The summed E-state index contributed by atoms with van der Waals surface area (Å²) in [5.74, 6) is -0.537. The van der Waals surface area contributed by atoms with E-state index in [1.54, 1.807) is 0 Å². The third kappa shape index (κ3) is 16.0. The van der Waals surface area contributed by atoms with E-state index in [-0.39, 0.29) is 18.0 Å². The largest absolute Gasteiger partial charge is 0.291 e. The normalized spacial score (nSPS) is 10.9. The molecule has 0 aromatic rings. The van der Waals surface area contributed by atoms with Crippen LogP contribution in [0.2, 0.25) is 0 Å². The van der Waals surface area contributed by atoms with E-state index in [1.165, 1.54) is 83.5 Å². The second kappa shape index (κ2) is 17.7. The van der Waals surface area contributed by atoms with Crippen LogP contribution < -0.4 is 0 Å². The predicted octanol–water partition coefficient (Wildman–Crippen LogP) is 6.61. The van der Waals surface area contributed by atoms with Crippen molar-refractivity contribution in [3.8, 4) is 0 Å². The number of hydrogen-bond donors (Lipinski definition) is 0. The lowest BCUT2D eigenvalue weighted by molar-refractivity contribution is -0.136. The lowest BCUT2D eigenvalue weighted by Gasteiger charge is -2.03. The first-order valence-electron chi connectivity index (χ1n) is 10.1. The summed E-state index contributed by atoms with van der Waals surface area (Å²) in [6, 6.07) is 0. The third-order valence-electron chi connectivity index (χ3n) is 4.55. The van der Waals surface area contributed by atoms with E-state index >= 15 is 0 Å². The molecule has 0 rings (SSSR count). The Balaban J connectivity index is 3.11. The Bertz CT molecular complexity index is 284. The average molecular weight is 324 g/mol. The van der Waals surface area contributed by atoms with Crippen LogP contribution >= 0.6 is 0 Å². The number of Topliss-reactive ketones (excluding diaryl/α,β-unsaturated/α-hetero) is 2. The maximum atomic E-state index is 11.3. The standard InChI is InChI=1S/C21H39O2/c1-3-5-6-7-8-9-10-11-12-13-14-15-16-17-18-19-21(23)20(22)4-2/h2-19H2,1H3. The Hall–Kier alpha value is -0.660. The van der Waals surface area contributed by atoms with Crippen molar-refractivity contribution in [2.24, 2.45) is 0 Å². The lowest BCUT2D eigenvalue weighted by Crippen LogP contribution is -2.11. The molecule has 2 heteroatoms. The fourth-order valence-electron chi connectivity index (χ4n) is 2.94. The first-order valence-corrected chi connectivity index (χ1v) is 10.1. The highest BCUT2D eigenvalue weighted by Crippen LogP contribution is 2.13. The smallest absolute Gasteiger partial charge is 0.198 e. The molecular weight excluding hydrogens is 284 g/mol. The van der Waals surface area contributed by atoms with Gasteiger partial charge < -0.3 is 0 Å². The monoisotopic (exact) mass is 323 g/mol. The molecule has 0 bridgehead atoms. The fourth-order valence-corrected chi connectivity index (χ4v) is 2.94. The van der Waals surface area contributed by atoms with Gasteiger partial charge in [0.15, 0.2) is 11.6 Å². The van der Waals surface area contributed by atoms with Gasteiger partial charge in [-0.1, -0.05) is 96.8 Å². The summed E-state index contributed by atoms with van der Waals surface area (Å²) in [6.07, 6.45) is 20.2. The van der Waals surface area contributed by atoms with Gasteiger partial charge in [0.1, 0.15) is 0 Å². The minimum Gasteiger partial charge on any atom is -0.291 e. The third-order valence-corrected chi connectivity index (χ3v) is 4.55. The Labute approximate surface area is 144 Å². The maximum Gasteiger partial charge on any atom is 0.198 e. The molecule has 2 nitrogen and oxygen atoms in total. The van der Waals surface area contributed by atoms with Gasteiger partial charge >= 0.3 is 0 Å². The Morgan fingerprint density at radius 3 is 1.26 bits per heavy atom. The summed E-state index contributed by atoms with van der Waals surface area (Å²) in [7, 11) is 0. The van der Waals surface area contributed by atoms with Gasteiger partial charge in [0, 0.05) is 12.8 Å². The van der Waals surface area contributed by atoms with Gasteiger partial charge in [0.05, 0.1) is 0 Å². The molecule has 0 fully saturated rings. The summed E-state index contributed by atoms with van der Waals surface area (Å²) < 4.78 is 0. The molecule has 1 radical (unpaired) electrons. The van der Waals surface area contributed by atoms with Crippen LogP contribution in [0.1, 0.15) is 116 Å². The van der Waals surface area contributed by atoms with E-state index in [0.29, 0.717) is 6.42 Å². The number of rotatable bonds is 18. The Kier molecular flexibility index (Phi) is 17.2. The van der Waals surface area contributed by atoms with Gasteiger partial charge in [0.2, 0.25) is 0 Å². The zero-order valence-electron chi connectivity index (χ0n) is 15.5. The SMILES string of the molecule is [CH2]CC(=O)C(=O)CCCCCCCCCCCCCCCCC. The van der Waals surface area contributed by atoms with E-state index in [0.717, 1.165) is 12.8 Å². The molecular formula is C21H39O2. The fraction of sp³-hybridized carbons (Fsp3) is 0.857. The first kappa shape index (κ1) is 22.3. The molecule has 0 atom stereocenters. The van der Waals surface area contributed by atoms with E-state index in [1.807, 2.05) is 0 Å². The Morgan fingerprint density at radius 2 is 0.913 bits per heavy atom.